The molecule has 0 saturated heterocycles. The van der Waals surface area contributed by atoms with Crippen LogP contribution in [0.3, 0.4) is 0 Å². The Morgan fingerprint density at radius 2 is 1.81 bits per heavy atom. The van der Waals surface area contributed by atoms with E-state index < -0.39 is 5.91 Å². The number of anilines is 2. The molecule has 0 fully saturated rings. The first-order valence-corrected chi connectivity index (χ1v) is 6.01. The van der Waals surface area contributed by atoms with E-state index in [0.717, 1.165) is 0 Å². The van der Waals surface area contributed by atoms with E-state index >= 15 is 0 Å². The number of H-pyrrole nitrogens is 1. The Kier molecular flexibility index (Phi) is 4.17. The van der Waals surface area contributed by atoms with Crippen molar-refractivity contribution < 1.29 is 19.0 Å². The lowest BCUT2D eigenvalue weighted by molar-refractivity contribution is 0.102. The van der Waals surface area contributed by atoms with Crippen molar-refractivity contribution in [1.29, 1.82) is 0 Å². The number of benzene rings is 1. The van der Waals surface area contributed by atoms with Gasteiger partial charge in [0.2, 0.25) is 5.75 Å². The van der Waals surface area contributed by atoms with Crippen LogP contribution in [0.25, 0.3) is 0 Å². The minimum atomic E-state index is -0.393. The molecule has 2 rings (SSSR count). The van der Waals surface area contributed by atoms with Crippen LogP contribution >= 0.6 is 0 Å². The van der Waals surface area contributed by atoms with Gasteiger partial charge in [0.05, 0.1) is 27.5 Å². The third-order valence-electron chi connectivity index (χ3n) is 2.84. The molecule has 0 spiro atoms. The number of nitrogens with two attached hydrogens (primary N) is 1. The molecular formula is C13H16N4O4. The van der Waals surface area contributed by atoms with Gasteiger partial charge in [-0.2, -0.15) is 5.10 Å². The fraction of sp³-hybridized carbons (Fsp3) is 0.231. The molecule has 2 aromatic rings. The van der Waals surface area contributed by atoms with E-state index in [2.05, 4.69) is 15.5 Å². The van der Waals surface area contributed by atoms with Gasteiger partial charge < -0.3 is 25.3 Å². The van der Waals surface area contributed by atoms with E-state index in [0.29, 0.717) is 22.9 Å². The van der Waals surface area contributed by atoms with Gasteiger partial charge >= 0.3 is 0 Å². The first-order valence-electron chi connectivity index (χ1n) is 6.01. The molecule has 8 nitrogen and oxygen atoms in total. The molecule has 112 valence electrons. The Bertz CT molecular complexity index is 628. The summed E-state index contributed by atoms with van der Waals surface area (Å²) >= 11 is 0. The van der Waals surface area contributed by atoms with Gasteiger partial charge in [-0.25, -0.2) is 0 Å². The average molecular weight is 292 g/mol. The van der Waals surface area contributed by atoms with Gasteiger partial charge in [-0.15, -0.1) is 0 Å². The fourth-order valence-electron chi connectivity index (χ4n) is 1.83. The van der Waals surface area contributed by atoms with Crippen molar-refractivity contribution in [3.8, 4) is 17.2 Å². The maximum atomic E-state index is 12.1. The second-order valence-electron chi connectivity index (χ2n) is 4.07. The van der Waals surface area contributed by atoms with Gasteiger partial charge in [-0.05, 0) is 0 Å². The first-order chi connectivity index (χ1) is 10.1. The van der Waals surface area contributed by atoms with Crippen molar-refractivity contribution in [2.24, 2.45) is 0 Å². The second-order valence-corrected chi connectivity index (χ2v) is 4.07. The molecule has 1 aromatic carbocycles. The van der Waals surface area contributed by atoms with E-state index in [9.17, 15) is 4.79 Å². The van der Waals surface area contributed by atoms with Crippen molar-refractivity contribution in [3.05, 3.63) is 23.9 Å². The van der Waals surface area contributed by atoms with Gasteiger partial charge in [0, 0.05) is 17.8 Å². The number of amides is 1. The van der Waals surface area contributed by atoms with E-state index in [1.807, 2.05) is 0 Å². The Balaban J connectivity index is 2.32. The normalized spacial score (nSPS) is 10.0. The summed E-state index contributed by atoms with van der Waals surface area (Å²) < 4.78 is 15.6. The van der Waals surface area contributed by atoms with Crippen LogP contribution in [-0.2, 0) is 0 Å². The lowest BCUT2D eigenvalue weighted by Crippen LogP contribution is -2.13. The number of rotatable bonds is 5. The summed E-state index contributed by atoms with van der Waals surface area (Å²) in [5.41, 5.74) is 6.34. The Morgan fingerprint density at radius 3 is 2.24 bits per heavy atom. The van der Waals surface area contributed by atoms with Crippen molar-refractivity contribution in [1.82, 2.24) is 10.2 Å². The minimum absolute atomic E-state index is 0.194. The summed E-state index contributed by atoms with van der Waals surface area (Å²) in [6.45, 7) is 0. The highest BCUT2D eigenvalue weighted by Gasteiger charge is 2.16. The standard InChI is InChI=1S/C13H16N4O4/c1-19-9-4-7(5-10(20-2)11(9)21-3)16-13(18)8-6-15-17-12(8)14/h4-6H,1-3H3,(H,16,18)(H3,14,15,17). The molecule has 1 amide bonds. The molecular weight excluding hydrogens is 276 g/mol. The number of nitrogens with zero attached hydrogens (tertiary/aromatic N) is 1. The molecule has 1 heterocycles. The minimum Gasteiger partial charge on any atom is -0.493 e. The Labute approximate surface area is 121 Å². The zero-order valence-electron chi connectivity index (χ0n) is 11.9. The van der Waals surface area contributed by atoms with Crippen LogP contribution in [0.2, 0.25) is 0 Å². The van der Waals surface area contributed by atoms with Crippen LogP contribution in [0.1, 0.15) is 10.4 Å². The number of hydrogen-bond donors (Lipinski definition) is 3. The molecule has 4 N–H and O–H groups in total. The maximum Gasteiger partial charge on any atom is 0.261 e. The molecule has 0 radical (unpaired) electrons. The highest BCUT2D eigenvalue weighted by atomic mass is 16.5. The highest BCUT2D eigenvalue weighted by molar-refractivity contribution is 6.07. The summed E-state index contributed by atoms with van der Waals surface area (Å²) in [6.07, 6.45) is 1.35. The van der Waals surface area contributed by atoms with Crippen molar-refractivity contribution in [2.75, 3.05) is 32.4 Å². The number of aromatic amines is 1. The van der Waals surface area contributed by atoms with Crippen molar-refractivity contribution in [3.63, 3.8) is 0 Å². The van der Waals surface area contributed by atoms with Gasteiger partial charge in [-0.1, -0.05) is 0 Å². The number of carbonyl (C=O) groups is 1. The van der Waals surface area contributed by atoms with Gasteiger partial charge in [0.15, 0.2) is 11.5 Å². The molecule has 1 aromatic heterocycles. The quantitative estimate of drug-likeness (QED) is 0.765. The van der Waals surface area contributed by atoms with Gasteiger partial charge in [-0.3, -0.25) is 9.89 Å². The number of aromatic nitrogens is 2. The lowest BCUT2D eigenvalue weighted by atomic mass is 10.2. The summed E-state index contributed by atoms with van der Waals surface area (Å²) in [5.74, 6) is 1.12. The molecule has 0 aliphatic rings. The van der Waals surface area contributed by atoms with Crippen molar-refractivity contribution >= 4 is 17.4 Å². The zero-order chi connectivity index (χ0) is 15.4. The predicted octanol–water partition coefficient (Wildman–Crippen LogP) is 1.27. The summed E-state index contributed by atoms with van der Waals surface area (Å²) in [4.78, 5) is 12.1. The number of nitrogens with one attached hydrogen (secondary N) is 2. The van der Waals surface area contributed by atoms with E-state index in [1.54, 1.807) is 12.1 Å². The second kappa shape index (κ2) is 6.04. The van der Waals surface area contributed by atoms with Crippen LogP contribution in [0, 0.1) is 0 Å². The lowest BCUT2D eigenvalue weighted by Gasteiger charge is -2.14. The molecule has 8 heteroatoms. The topological polar surface area (TPSA) is 111 Å². The van der Waals surface area contributed by atoms with Crippen LogP contribution < -0.4 is 25.3 Å². The van der Waals surface area contributed by atoms with Crippen LogP contribution in [0.4, 0.5) is 11.5 Å². The Morgan fingerprint density at radius 1 is 1.19 bits per heavy atom. The van der Waals surface area contributed by atoms with Crippen LogP contribution in [0.15, 0.2) is 18.3 Å². The monoisotopic (exact) mass is 292 g/mol. The number of ether oxygens (including phenoxy) is 3. The third kappa shape index (κ3) is 2.83. The molecule has 0 bridgehead atoms. The zero-order valence-corrected chi connectivity index (χ0v) is 11.9. The van der Waals surface area contributed by atoms with E-state index in [-0.39, 0.29) is 11.4 Å². The SMILES string of the molecule is COc1cc(NC(=O)c2cn[nH]c2N)cc(OC)c1OC. The maximum absolute atomic E-state index is 12.1. The van der Waals surface area contributed by atoms with E-state index in [1.165, 1.54) is 27.5 Å². The molecule has 0 unspecified atom stereocenters. The first kappa shape index (κ1) is 14.5. The molecule has 0 aliphatic carbocycles. The fourth-order valence-corrected chi connectivity index (χ4v) is 1.83. The Hall–Kier alpha value is -2.90. The van der Waals surface area contributed by atoms with Crippen LogP contribution in [0.5, 0.6) is 17.2 Å². The van der Waals surface area contributed by atoms with E-state index in [4.69, 9.17) is 19.9 Å². The number of nitrogen functional groups attached to an aromatic ring is 1. The smallest absolute Gasteiger partial charge is 0.261 e. The average Bonchev–Trinajstić information content (AvgIpc) is 2.92. The summed E-state index contributed by atoms with van der Waals surface area (Å²) in [6, 6.07) is 3.24. The van der Waals surface area contributed by atoms with Gasteiger partial charge in [0.1, 0.15) is 11.4 Å². The predicted molar refractivity (Wildman–Crippen MR) is 77.1 cm³/mol. The number of hydrogen-bond acceptors (Lipinski definition) is 6. The third-order valence-corrected chi connectivity index (χ3v) is 2.84. The van der Waals surface area contributed by atoms with Gasteiger partial charge in [0.25, 0.3) is 5.91 Å². The number of carbonyl (C=O) groups excluding carboxylic acids is 1. The van der Waals surface area contributed by atoms with Crippen molar-refractivity contribution in [2.45, 2.75) is 0 Å². The molecule has 0 saturated carbocycles. The molecule has 0 atom stereocenters. The highest BCUT2D eigenvalue weighted by Crippen LogP contribution is 2.40. The number of methoxy groups -OCH3 is 3. The largest absolute Gasteiger partial charge is 0.493 e. The van der Waals surface area contributed by atoms with Crippen LogP contribution in [-0.4, -0.2) is 37.4 Å². The summed E-state index contributed by atoms with van der Waals surface area (Å²) in [7, 11) is 4.50. The molecule has 21 heavy (non-hydrogen) atoms. The molecule has 0 aliphatic heterocycles. The summed E-state index contributed by atoms with van der Waals surface area (Å²) in [5, 5.41) is 8.89.